The van der Waals surface area contributed by atoms with E-state index in [4.69, 9.17) is 0 Å². The molecule has 2 amide bonds. The summed E-state index contributed by atoms with van der Waals surface area (Å²) in [6.45, 7) is 4.10. The van der Waals surface area contributed by atoms with E-state index in [1.807, 2.05) is 0 Å². The number of amides is 2. The molecule has 0 aromatic carbocycles. The Kier molecular flexibility index (Phi) is 3.92. The molecule has 1 fully saturated rings. The SMILES string of the molecule is CCC1NC(=O)C(C)(C)N(CCC(F)(F)F)C1=O. The van der Waals surface area contributed by atoms with Crippen molar-refractivity contribution in [2.75, 3.05) is 6.54 Å². The Morgan fingerprint density at radius 2 is 1.89 bits per heavy atom. The molecule has 1 aliphatic rings. The number of carbonyl (C=O) groups is 2. The number of rotatable bonds is 3. The van der Waals surface area contributed by atoms with Crippen molar-refractivity contribution in [2.45, 2.75) is 51.4 Å². The van der Waals surface area contributed by atoms with Crippen molar-refractivity contribution in [3.63, 3.8) is 0 Å². The Labute approximate surface area is 104 Å². The third-order valence-electron chi connectivity index (χ3n) is 3.13. The van der Waals surface area contributed by atoms with E-state index < -0.39 is 42.5 Å². The average molecular weight is 266 g/mol. The Morgan fingerprint density at radius 3 is 2.33 bits per heavy atom. The molecule has 0 aromatic heterocycles. The Hall–Kier alpha value is -1.27. The van der Waals surface area contributed by atoms with E-state index >= 15 is 0 Å². The first-order valence-electron chi connectivity index (χ1n) is 5.78. The van der Waals surface area contributed by atoms with E-state index in [9.17, 15) is 22.8 Å². The van der Waals surface area contributed by atoms with E-state index in [2.05, 4.69) is 5.32 Å². The van der Waals surface area contributed by atoms with Gasteiger partial charge in [0.25, 0.3) is 0 Å². The molecule has 1 N–H and O–H groups in total. The maximum atomic E-state index is 12.2. The van der Waals surface area contributed by atoms with Gasteiger partial charge in [0.05, 0.1) is 6.42 Å². The third kappa shape index (κ3) is 2.94. The molecular formula is C11H17F3N2O2. The molecule has 0 aliphatic carbocycles. The fraction of sp³-hybridized carbons (Fsp3) is 0.818. The van der Waals surface area contributed by atoms with Gasteiger partial charge in [-0.05, 0) is 20.3 Å². The van der Waals surface area contributed by atoms with E-state index in [0.29, 0.717) is 6.42 Å². The molecule has 104 valence electrons. The van der Waals surface area contributed by atoms with Crippen molar-refractivity contribution in [1.29, 1.82) is 0 Å². The first kappa shape index (κ1) is 14.8. The summed E-state index contributed by atoms with van der Waals surface area (Å²) in [6, 6.07) is -0.723. The van der Waals surface area contributed by atoms with Crippen LogP contribution >= 0.6 is 0 Å². The largest absolute Gasteiger partial charge is 0.390 e. The fourth-order valence-corrected chi connectivity index (χ4v) is 1.89. The van der Waals surface area contributed by atoms with E-state index in [1.165, 1.54) is 13.8 Å². The second kappa shape index (κ2) is 4.78. The Morgan fingerprint density at radius 1 is 1.33 bits per heavy atom. The number of hydrogen-bond acceptors (Lipinski definition) is 2. The summed E-state index contributed by atoms with van der Waals surface area (Å²) in [5.41, 5.74) is -1.24. The molecule has 0 spiro atoms. The maximum Gasteiger partial charge on any atom is 0.390 e. The first-order valence-corrected chi connectivity index (χ1v) is 5.78. The van der Waals surface area contributed by atoms with Crippen LogP contribution in [0.3, 0.4) is 0 Å². The Bertz CT molecular complexity index is 353. The molecule has 0 radical (unpaired) electrons. The number of piperazine rings is 1. The van der Waals surface area contributed by atoms with Gasteiger partial charge < -0.3 is 10.2 Å². The summed E-state index contributed by atoms with van der Waals surface area (Å²) in [5, 5.41) is 2.52. The summed E-state index contributed by atoms with van der Waals surface area (Å²) in [6.07, 6.45) is -5.08. The minimum Gasteiger partial charge on any atom is -0.342 e. The molecular weight excluding hydrogens is 249 g/mol. The summed E-state index contributed by atoms with van der Waals surface area (Å²) >= 11 is 0. The number of halogens is 3. The van der Waals surface area contributed by atoms with Crippen molar-refractivity contribution in [1.82, 2.24) is 10.2 Å². The van der Waals surface area contributed by atoms with Gasteiger partial charge >= 0.3 is 6.18 Å². The average Bonchev–Trinajstić information content (AvgIpc) is 2.21. The molecule has 1 rings (SSSR count). The molecule has 4 nitrogen and oxygen atoms in total. The number of alkyl halides is 3. The highest BCUT2D eigenvalue weighted by Gasteiger charge is 2.46. The minimum atomic E-state index is -4.34. The van der Waals surface area contributed by atoms with E-state index in [0.717, 1.165) is 4.90 Å². The summed E-state index contributed by atoms with van der Waals surface area (Å²) < 4.78 is 36.7. The van der Waals surface area contributed by atoms with Crippen LogP contribution < -0.4 is 5.32 Å². The van der Waals surface area contributed by atoms with Gasteiger partial charge in [-0.3, -0.25) is 9.59 Å². The topological polar surface area (TPSA) is 49.4 Å². The van der Waals surface area contributed by atoms with Crippen LogP contribution in [0.15, 0.2) is 0 Å². The smallest absolute Gasteiger partial charge is 0.342 e. The second-order valence-corrected chi connectivity index (χ2v) is 4.85. The number of hydrogen-bond donors (Lipinski definition) is 1. The van der Waals surface area contributed by atoms with Crippen molar-refractivity contribution in [3.8, 4) is 0 Å². The fourth-order valence-electron chi connectivity index (χ4n) is 1.89. The van der Waals surface area contributed by atoms with Crippen LogP contribution in [-0.4, -0.2) is 41.0 Å². The minimum absolute atomic E-state index is 0.364. The van der Waals surface area contributed by atoms with E-state index in [1.54, 1.807) is 6.92 Å². The zero-order valence-electron chi connectivity index (χ0n) is 10.6. The standard InChI is InChI=1S/C11H17F3N2O2/c1-4-7-8(17)16(6-5-11(12,13)14)10(2,3)9(18)15-7/h7H,4-6H2,1-3H3,(H,15,18). The number of nitrogens with zero attached hydrogens (tertiary/aromatic N) is 1. The lowest BCUT2D eigenvalue weighted by molar-refractivity contribution is -0.163. The van der Waals surface area contributed by atoms with Gasteiger partial charge in [-0.25, -0.2) is 0 Å². The number of nitrogens with one attached hydrogen (secondary N) is 1. The van der Waals surface area contributed by atoms with Crippen LogP contribution in [0.2, 0.25) is 0 Å². The van der Waals surface area contributed by atoms with Crippen molar-refractivity contribution < 1.29 is 22.8 Å². The molecule has 1 aliphatic heterocycles. The van der Waals surface area contributed by atoms with Crippen LogP contribution in [0.5, 0.6) is 0 Å². The van der Waals surface area contributed by atoms with Gasteiger partial charge in [-0.1, -0.05) is 6.92 Å². The van der Waals surface area contributed by atoms with Crippen LogP contribution in [0.25, 0.3) is 0 Å². The molecule has 0 aromatic rings. The van der Waals surface area contributed by atoms with Crippen LogP contribution in [0.1, 0.15) is 33.6 Å². The third-order valence-corrected chi connectivity index (χ3v) is 3.13. The van der Waals surface area contributed by atoms with Crippen molar-refractivity contribution in [2.24, 2.45) is 0 Å². The van der Waals surface area contributed by atoms with Gasteiger partial charge in [0, 0.05) is 6.54 Å². The first-order chi connectivity index (χ1) is 8.09. The molecule has 7 heteroatoms. The highest BCUT2D eigenvalue weighted by atomic mass is 19.4. The van der Waals surface area contributed by atoms with Crippen LogP contribution in [0, 0.1) is 0 Å². The van der Waals surface area contributed by atoms with E-state index in [-0.39, 0.29) is 0 Å². The lowest BCUT2D eigenvalue weighted by Gasteiger charge is -2.44. The van der Waals surface area contributed by atoms with Gasteiger partial charge in [-0.2, -0.15) is 13.2 Å². The summed E-state index contributed by atoms with van der Waals surface area (Å²) in [4.78, 5) is 24.8. The lowest BCUT2D eigenvalue weighted by Crippen LogP contribution is -2.68. The molecule has 0 bridgehead atoms. The highest BCUT2D eigenvalue weighted by Crippen LogP contribution is 2.26. The van der Waals surface area contributed by atoms with Gasteiger partial charge in [0.1, 0.15) is 11.6 Å². The van der Waals surface area contributed by atoms with Crippen molar-refractivity contribution >= 4 is 11.8 Å². The van der Waals surface area contributed by atoms with Crippen LogP contribution in [0.4, 0.5) is 13.2 Å². The van der Waals surface area contributed by atoms with Gasteiger partial charge in [0.15, 0.2) is 0 Å². The predicted molar refractivity (Wildman–Crippen MR) is 58.7 cm³/mol. The normalized spacial score (nSPS) is 24.1. The zero-order valence-corrected chi connectivity index (χ0v) is 10.6. The predicted octanol–water partition coefficient (Wildman–Crippen LogP) is 1.45. The quantitative estimate of drug-likeness (QED) is 0.840. The molecule has 18 heavy (non-hydrogen) atoms. The summed E-state index contributed by atoms with van der Waals surface area (Å²) in [7, 11) is 0. The lowest BCUT2D eigenvalue weighted by atomic mass is 9.94. The number of carbonyl (C=O) groups excluding carboxylic acids is 2. The van der Waals surface area contributed by atoms with Crippen LogP contribution in [-0.2, 0) is 9.59 Å². The van der Waals surface area contributed by atoms with Gasteiger partial charge in [-0.15, -0.1) is 0 Å². The molecule has 0 saturated carbocycles. The van der Waals surface area contributed by atoms with Crippen molar-refractivity contribution in [3.05, 3.63) is 0 Å². The molecule has 1 atom stereocenters. The highest BCUT2D eigenvalue weighted by molar-refractivity contribution is 5.99. The maximum absolute atomic E-state index is 12.2. The second-order valence-electron chi connectivity index (χ2n) is 4.85. The monoisotopic (exact) mass is 266 g/mol. The Balaban J connectivity index is 2.88. The molecule has 1 unspecified atom stereocenters. The van der Waals surface area contributed by atoms with Gasteiger partial charge in [0.2, 0.25) is 11.8 Å². The zero-order chi connectivity index (χ0) is 14.1. The summed E-state index contributed by atoms with van der Waals surface area (Å²) in [5.74, 6) is -0.873. The molecule has 1 saturated heterocycles. The molecule has 1 heterocycles.